The fourth-order valence-corrected chi connectivity index (χ4v) is 0.762. The van der Waals surface area contributed by atoms with Crippen LogP contribution >= 0.6 is 0 Å². The van der Waals surface area contributed by atoms with Crippen LogP contribution in [0.15, 0.2) is 0 Å². The molecule has 0 heteroatoms. The summed E-state index contributed by atoms with van der Waals surface area (Å²) < 4.78 is 0. The van der Waals surface area contributed by atoms with Gasteiger partial charge in [0.25, 0.3) is 0 Å². The average molecular weight is 108 g/mol. The number of hydrogen-bond acceptors (Lipinski definition) is 0. The molecule has 0 aliphatic heterocycles. The normalized spacial score (nSPS) is 19.2. The molecule has 44 valence electrons. The molecule has 0 nitrogen and oxygen atoms in total. The van der Waals surface area contributed by atoms with Crippen molar-refractivity contribution >= 4 is 0 Å². The summed E-state index contributed by atoms with van der Waals surface area (Å²) in [5.41, 5.74) is 0.302. The third kappa shape index (κ3) is 1.26. The molecule has 0 aromatic rings. The summed E-state index contributed by atoms with van der Waals surface area (Å²) in [6.07, 6.45) is 3.86. The second kappa shape index (κ2) is 1.82. The van der Waals surface area contributed by atoms with E-state index in [0.29, 0.717) is 5.41 Å². The van der Waals surface area contributed by atoms with Gasteiger partial charge >= 0.3 is 0 Å². The highest BCUT2D eigenvalue weighted by Crippen LogP contribution is 2.30. The Balaban J connectivity index is 2.03. The van der Waals surface area contributed by atoms with E-state index < -0.39 is 0 Å². The molecule has 0 radical (unpaired) electrons. The molecule has 0 bridgehead atoms. The van der Waals surface area contributed by atoms with Crippen molar-refractivity contribution in [2.75, 3.05) is 0 Å². The summed E-state index contributed by atoms with van der Waals surface area (Å²) in [5.74, 6) is 6.19. The zero-order valence-corrected chi connectivity index (χ0v) is 5.62. The summed E-state index contributed by atoms with van der Waals surface area (Å²) in [7, 11) is 0. The van der Waals surface area contributed by atoms with Gasteiger partial charge in [-0.15, -0.1) is 0 Å². The van der Waals surface area contributed by atoms with Crippen molar-refractivity contribution in [2.45, 2.75) is 33.1 Å². The van der Waals surface area contributed by atoms with Crippen LogP contribution in [0.2, 0.25) is 0 Å². The van der Waals surface area contributed by atoms with E-state index >= 15 is 0 Å². The Bertz CT molecular complexity index is 126. The summed E-state index contributed by atoms with van der Waals surface area (Å²) in [6, 6.07) is 0. The Morgan fingerprint density at radius 3 is 2.38 bits per heavy atom. The zero-order chi connectivity index (χ0) is 6.04. The van der Waals surface area contributed by atoms with E-state index in [0.717, 1.165) is 0 Å². The largest absolute Gasteiger partial charge is 0.0891 e. The highest BCUT2D eigenvalue weighted by molar-refractivity contribution is 5.38. The first kappa shape index (κ1) is 5.69. The van der Waals surface area contributed by atoms with Gasteiger partial charge in [0.15, 0.2) is 0 Å². The fourth-order valence-electron chi connectivity index (χ4n) is 0.762. The lowest BCUT2D eigenvalue weighted by Crippen LogP contribution is -1.96. The predicted molar refractivity (Wildman–Crippen MR) is 35.4 cm³/mol. The molecule has 0 N–H and O–H groups in total. The van der Waals surface area contributed by atoms with Crippen LogP contribution in [0, 0.1) is 17.3 Å². The molecule has 0 fully saturated rings. The molecule has 8 heavy (non-hydrogen) atoms. The maximum atomic E-state index is 3.10. The van der Waals surface area contributed by atoms with Gasteiger partial charge in [0.05, 0.1) is 5.41 Å². The monoisotopic (exact) mass is 108 g/mol. The molecule has 0 unspecified atom stereocenters. The molecule has 1 aliphatic carbocycles. The van der Waals surface area contributed by atoms with Crippen LogP contribution in [-0.2, 0) is 0 Å². The van der Waals surface area contributed by atoms with Crippen LogP contribution in [0.25, 0.3) is 0 Å². The fraction of sp³-hybridized carbons (Fsp3) is 0.750. The lowest BCUT2D eigenvalue weighted by Gasteiger charge is -2.02. The molecule has 0 spiro atoms. The Labute approximate surface area is 51.3 Å². The smallest absolute Gasteiger partial charge is 0.0821 e. The van der Waals surface area contributed by atoms with E-state index in [1.807, 2.05) is 0 Å². The lowest BCUT2D eigenvalue weighted by atomic mass is 9.98. The SMILES string of the molecule is CCCCC1(C)C#C1. The van der Waals surface area contributed by atoms with Crippen molar-refractivity contribution < 1.29 is 0 Å². The maximum Gasteiger partial charge on any atom is 0.0891 e. The topological polar surface area (TPSA) is 0 Å². The van der Waals surface area contributed by atoms with E-state index in [1.54, 1.807) is 0 Å². The molecule has 0 amide bonds. The van der Waals surface area contributed by atoms with Crippen LogP contribution < -0.4 is 0 Å². The summed E-state index contributed by atoms with van der Waals surface area (Å²) >= 11 is 0. The Morgan fingerprint density at radius 1 is 1.38 bits per heavy atom. The third-order valence-corrected chi connectivity index (χ3v) is 1.58. The van der Waals surface area contributed by atoms with Crippen LogP contribution in [-0.4, -0.2) is 0 Å². The van der Waals surface area contributed by atoms with Gasteiger partial charge < -0.3 is 0 Å². The minimum Gasteiger partial charge on any atom is -0.0821 e. The van der Waals surface area contributed by atoms with Crippen LogP contribution in [0.3, 0.4) is 0 Å². The minimum absolute atomic E-state index is 0.302. The standard InChI is InChI=1S/C8H12/c1-3-4-5-8(2)6-7-8/h3-5H2,1-2H3. The molecular formula is C8H12. The van der Waals surface area contributed by atoms with Gasteiger partial charge in [-0.2, -0.15) is 0 Å². The molecular weight excluding hydrogens is 96.1 g/mol. The van der Waals surface area contributed by atoms with Crippen LogP contribution in [0.1, 0.15) is 33.1 Å². The van der Waals surface area contributed by atoms with E-state index in [1.165, 1.54) is 19.3 Å². The van der Waals surface area contributed by atoms with E-state index in [9.17, 15) is 0 Å². The Kier molecular flexibility index (Phi) is 1.29. The van der Waals surface area contributed by atoms with Crippen molar-refractivity contribution in [2.24, 2.45) is 5.41 Å². The second-order valence-corrected chi connectivity index (χ2v) is 2.69. The van der Waals surface area contributed by atoms with Gasteiger partial charge in [0, 0.05) is 0 Å². The molecule has 0 aromatic heterocycles. The molecule has 0 saturated heterocycles. The van der Waals surface area contributed by atoms with Gasteiger partial charge in [-0.05, 0) is 13.3 Å². The first-order valence-electron chi connectivity index (χ1n) is 3.31. The van der Waals surface area contributed by atoms with Gasteiger partial charge in [-0.3, -0.25) is 0 Å². The van der Waals surface area contributed by atoms with Crippen molar-refractivity contribution in [3.63, 3.8) is 0 Å². The van der Waals surface area contributed by atoms with Gasteiger partial charge in [0.2, 0.25) is 0 Å². The van der Waals surface area contributed by atoms with Gasteiger partial charge in [-0.1, -0.05) is 31.6 Å². The zero-order valence-electron chi connectivity index (χ0n) is 5.62. The number of rotatable bonds is 3. The van der Waals surface area contributed by atoms with Crippen molar-refractivity contribution in [1.29, 1.82) is 0 Å². The van der Waals surface area contributed by atoms with Crippen molar-refractivity contribution in [1.82, 2.24) is 0 Å². The Morgan fingerprint density at radius 2 is 2.00 bits per heavy atom. The average Bonchev–Trinajstić information content (AvgIpc) is 2.45. The second-order valence-electron chi connectivity index (χ2n) is 2.69. The van der Waals surface area contributed by atoms with Crippen LogP contribution in [0.5, 0.6) is 0 Å². The molecule has 0 atom stereocenters. The summed E-state index contributed by atoms with van der Waals surface area (Å²) in [6.45, 7) is 4.40. The molecule has 0 heterocycles. The quantitative estimate of drug-likeness (QED) is 0.486. The van der Waals surface area contributed by atoms with Gasteiger partial charge in [-0.25, -0.2) is 0 Å². The predicted octanol–water partition coefficient (Wildman–Crippen LogP) is 2.20. The van der Waals surface area contributed by atoms with E-state index in [4.69, 9.17) is 0 Å². The van der Waals surface area contributed by atoms with E-state index in [2.05, 4.69) is 25.7 Å². The molecule has 0 aromatic carbocycles. The lowest BCUT2D eigenvalue weighted by molar-refractivity contribution is 0.550. The summed E-state index contributed by atoms with van der Waals surface area (Å²) in [4.78, 5) is 0. The maximum absolute atomic E-state index is 3.10. The number of hydrogen-bond donors (Lipinski definition) is 0. The first-order valence-corrected chi connectivity index (χ1v) is 3.31. The van der Waals surface area contributed by atoms with Crippen LogP contribution in [0.4, 0.5) is 0 Å². The van der Waals surface area contributed by atoms with E-state index in [-0.39, 0.29) is 0 Å². The Hall–Kier alpha value is -0.440. The molecule has 1 rings (SSSR count). The molecule has 1 aliphatic rings. The third-order valence-electron chi connectivity index (χ3n) is 1.58. The van der Waals surface area contributed by atoms with Gasteiger partial charge in [0.1, 0.15) is 0 Å². The minimum atomic E-state index is 0.302. The highest BCUT2D eigenvalue weighted by atomic mass is 14.3. The van der Waals surface area contributed by atoms with Crippen molar-refractivity contribution in [3.8, 4) is 11.8 Å². The number of unbranched alkanes of at least 4 members (excludes halogenated alkanes) is 1. The highest BCUT2D eigenvalue weighted by Gasteiger charge is 2.25. The first-order chi connectivity index (χ1) is 3.77. The molecule has 0 saturated carbocycles. The van der Waals surface area contributed by atoms with Crippen molar-refractivity contribution in [3.05, 3.63) is 0 Å². The summed E-state index contributed by atoms with van der Waals surface area (Å²) in [5, 5.41) is 0.